The minimum absolute atomic E-state index is 0.0988. The van der Waals surface area contributed by atoms with Crippen molar-refractivity contribution in [3.8, 4) is 12.1 Å². The van der Waals surface area contributed by atoms with Gasteiger partial charge in [-0.05, 0) is 48.4 Å². The molecule has 3 aromatic rings. The van der Waals surface area contributed by atoms with Crippen LogP contribution in [0.1, 0.15) is 73.2 Å². The highest BCUT2D eigenvalue weighted by Gasteiger charge is 2.33. The summed E-state index contributed by atoms with van der Waals surface area (Å²) in [6.07, 6.45) is 3.15. The molecule has 2 amide bonds. The predicted octanol–water partition coefficient (Wildman–Crippen LogP) is 5.84. The molecule has 218 valence electrons. The molecule has 3 unspecified atom stereocenters. The monoisotopic (exact) mass is 601 g/mol. The minimum atomic E-state index is -0.232. The van der Waals surface area contributed by atoms with Gasteiger partial charge in [-0.15, -0.1) is 10.2 Å². The summed E-state index contributed by atoms with van der Waals surface area (Å²) in [5.41, 5.74) is 2.35. The van der Waals surface area contributed by atoms with Crippen molar-refractivity contribution < 1.29 is 9.59 Å². The first-order valence-electron chi connectivity index (χ1n) is 13.9. The first-order valence-corrected chi connectivity index (χ1v) is 15.6. The van der Waals surface area contributed by atoms with Gasteiger partial charge < -0.3 is 10.6 Å². The highest BCUT2D eigenvalue weighted by molar-refractivity contribution is 8.14. The molecule has 4 rings (SSSR count). The summed E-state index contributed by atoms with van der Waals surface area (Å²) in [7, 11) is 1.66. The zero-order chi connectivity index (χ0) is 30.5. The molecular weight excluding hydrogens is 567 g/mol. The van der Waals surface area contributed by atoms with Crippen LogP contribution in [0.25, 0.3) is 0 Å². The van der Waals surface area contributed by atoms with Gasteiger partial charge in [-0.3, -0.25) is 14.6 Å². The van der Waals surface area contributed by atoms with Crippen molar-refractivity contribution in [3.63, 3.8) is 0 Å². The summed E-state index contributed by atoms with van der Waals surface area (Å²) in [6, 6.07) is 18.4. The highest BCUT2D eigenvalue weighted by Crippen LogP contribution is 2.43. The predicted molar refractivity (Wildman–Crippen MR) is 168 cm³/mol. The van der Waals surface area contributed by atoms with Crippen LogP contribution < -0.4 is 10.6 Å². The Morgan fingerprint density at radius 2 is 1.60 bits per heavy atom. The van der Waals surface area contributed by atoms with Gasteiger partial charge in [0.2, 0.25) is 16.9 Å². The molecule has 1 heterocycles. The summed E-state index contributed by atoms with van der Waals surface area (Å²) >= 11 is 2.94. The Morgan fingerprint density at radius 3 is 2.19 bits per heavy atom. The number of benzene rings is 2. The number of anilines is 1. The van der Waals surface area contributed by atoms with Crippen molar-refractivity contribution in [2.24, 2.45) is 10.9 Å². The molecule has 0 bridgehead atoms. The van der Waals surface area contributed by atoms with E-state index in [1.165, 1.54) is 11.3 Å². The lowest BCUT2D eigenvalue weighted by atomic mass is 10.0. The fourth-order valence-electron chi connectivity index (χ4n) is 4.77. The van der Waals surface area contributed by atoms with E-state index in [1.807, 2.05) is 26.0 Å². The van der Waals surface area contributed by atoms with Gasteiger partial charge in [-0.1, -0.05) is 80.3 Å². The summed E-state index contributed by atoms with van der Waals surface area (Å²) in [6.45, 7) is 6.14. The number of hydrogen-bond donors (Lipinski definition) is 2. The third-order valence-electron chi connectivity index (χ3n) is 6.90. The Balaban J connectivity index is 0.00000237. The largest absolute Gasteiger partial charge is 0.305 e. The zero-order valence-electron chi connectivity index (χ0n) is 24.3. The standard InChI is InChI=1S/C29H29N7O2S2.C2H6/c1-18(39-28(32-2)33-25(37)14-20-7-3-5-9-23(20)16-30)19-11-12-22(13-19)27-35-36-29(40-27)34-26(38)15-21-8-4-6-10-24(21)17-31;1-2/h3-10,18-19,22H,11-15H2,1-2H3,(H,32,33,37)(H,34,36,38);1-2H3. The zero-order valence-corrected chi connectivity index (χ0v) is 25.9. The molecule has 3 atom stereocenters. The Morgan fingerprint density at radius 1 is 1.00 bits per heavy atom. The molecule has 2 N–H and O–H groups in total. The summed E-state index contributed by atoms with van der Waals surface area (Å²) in [5, 5.41) is 34.9. The van der Waals surface area contributed by atoms with Gasteiger partial charge in [0, 0.05) is 18.2 Å². The molecule has 0 saturated heterocycles. The average Bonchev–Trinajstić information content (AvgIpc) is 3.68. The van der Waals surface area contributed by atoms with Gasteiger partial charge >= 0.3 is 0 Å². The first kappa shape index (κ1) is 32.5. The van der Waals surface area contributed by atoms with Gasteiger partial charge in [-0.2, -0.15) is 10.5 Å². The van der Waals surface area contributed by atoms with E-state index in [1.54, 1.807) is 55.2 Å². The SMILES string of the molecule is CC.CN=C(NC(=O)Cc1ccccc1C#N)SC(C)C1CCC(c2nnc(NC(=O)Cc3ccccc3C#N)s2)C1. The second kappa shape index (κ2) is 16.4. The number of amidine groups is 1. The van der Waals surface area contributed by atoms with Crippen LogP contribution in [-0.2, 0) is 22.4 Å². The fraction of sp³-hybridized carbons (Fsp3) is 0.387. The number of rotatable bonds is 8. The molecule has 1 aliphatic rings. The van der Waals surface area contributed by atoms with Crippen LogP contribution in [-0.4, -0.2) is 39.5 Å². The van der Waals surface area contributed by atoms with Gasteiger partial charge in [0.25, 0.3) is 0 Å². The molecule has 2 aromatic carbocycles. The number of nitriles is 2. The van der Waals surface area contributed by atoms with Gasteiger partial charge in [0.15, 0.2) is 5.17 Å². The number of carbonyl (C=O) groups excluding carboxylic acids is 2. The number of nitrogens with zero attached hydrogens (tertiary/aromatic N) is 5. The number of nitrogens with one attached hydrogen (secondary N) is 2. The number of hydrogen-bond acceptors (Lipinski definition) is 9. The molecule has 0 spiro atoms. The second-order valence-electron chi connectivity index (χ2n) is 9.56. The molecule has 1 saturated carbocycles. The lowest BCUT2D eigenvalue weighted by molar-refractivity contribution is -0.119. The van der Waals surface area contributed by atoms with Crippen LogP contribution in [0, 0.1) is 28.6 Å². The van der Waals surface area contributed by atoms with Gasteiger partial charge in [-0.25, -0.2) is 0 Å². The van der Waals surface area contributed by atoms with Crippen molar-refractivity contribution >= 4 is 45.2 Å². The summed E-state index contributed by atoms with van der Waals surface area (Å²) < 4.78 is 0. The van der Waals surface area contributed by atoms with E-state index in [-0.39, 0.29) is 35.8 Å². The van der Waals surface area contributed by atoms with Crippen molar-refractivity contribution in [1.82, 2.24) is 15.5 Å². The Hall–Kier alpha value is -4.06. The van der Waals surface area contributed by atoms with E-state index in [0.29, 0.717) is 38.5 Å². The lowest BCUT2D eigenvalue weighted by Crippen LogP contribution is -2.32. The second-order valence-corrected chi connectivity index (χ2v) is 11.9. The third kappa shape index (κ3) is 8.97. The third-order valence-corrected chi connectivity index (χ3v) is 9.16. The minimum Gasteiger partial charge on any atom is -0.305 e. The molecule has 11 heteroatoms. The van der Waals surface area contributed by atoms with Crippen LogP contribution in [0.4, 0.5) is 5.13 Å². The topological polar surface area (TPSA) is 144 Å². The summed E-state index contributed by atoms with van der Waals surface area (Å²) in [4.78, 5) is 29.4. The number of thioether (sulfide) groups is 1. The molecule has 0 radical (unpaired) electrons. The maximum Gasteiger partial charge on any atom is 0.230 e. The van der Waals surface area contributed by atoms with Crippen LogP contribution in [0.2, 0.25) is 0 Å². The highest BCUT2D eigenvalue weighted by atomic mass is 32.2. The van der Waals surface area contributed by atoms with E-state index in [2.05, 4.69) is 44.9 Å². The first-order chi connectivity index (χ1) is 20.4. The molecule has 1 aliphatic carbocycles. The van der Waals surface area contributed by atoms with E-state index < -0.39 is 0 Å². The average molecular weight is 602 g/mol. The number of aliphatic imine (C=N–C) groups is 1. The molecular formula is C31H35N7O2S2. The van der Waals surface area contributed by atoms with Crippen molar-refractivity contribution in [3.05, 3.63) is 75.8 Å². The smallest absolute Gasteiger partial charge is 0.230 e. The Kier molecular flexibility index (Phi) is 12.7. The van der Waals surface area contributed by atoms with Crippen LogP contribution in [0.5, 0.6) is 0 Å². The number of carbonyl (C=O) groups is 2. The van der Waals surface area contributed by atoms with Crippen LogP contribution >= 0.6 is 23.1 Å². The van der Waals surface area contributed by atoms with Crippen LogP contribution in [0.3, 0.4) is 0 Å². The maximum atomic E-state index is 12.6. The molecule has 42 heavy (non-hydrogen) atoms. The number of aromatic nitrogens is 2. The summed E-state index contributed by atoms with van der Waals surface area (Å²) in [5.74, 6) is 0.234. The van der Waals surface area contributed by atoms with Gasteiger partial charge in [0.1, 0.15) is 5.01 Å². The van der Waals surface area contributed by atoms with E-state index in [9.17, 15) is 20.1 Å². The molecule has 0 aliphatic heterocycles. The van der Waals surface area contributed by atoms with Gasteiger partial charge in [0.05, 0.1) is 36.1 Å². The molecule has 1 fully saturated rings. The normalized spacial score (nSPS) is 16.8. The Bertz CT molecular complexity index is 1490. The maximum absolute atomic E-state index is 12.6. The van der Waals surface area contributed by atoms with E-state index in [4.69, 9.17) is 0 Å². The van der Waals surface area contributed by atoms with Crippen LogP contribution in [0.15, 0.2) is 53.5 Å². The molecule has 1 aromatic heterocycles. The fourth-order valence-corrected chi connectivity index (χ4v) is 6.74. The Labute approximate surface area is 255 Å². The lowest BCUT2D eigenvalue weighted by Gasteiger charge is -2.19. The van der Waals surface area contributed by atoms with Crippen molar-refractivity contribution in [2.45, 2.75) is 64.0 Å². The van der Waals surface area contributed by atoms with E-state index in [0.717, 1.165) is 24.3 Å². The van der Waals surface area contributed by atoms with Crippen molar-refractivity contribution in [2.75, 3.05) is 12.4 Å². The van der Waals surface area contributed by atoms with Crippen molar-refractivity contribution in [1.29, 1.82) is 10.5 Å². The quantitative estimate of drug-likeness (QED) is 0.244. The van der Waals surface area contributed by atoms with E-state index >= 15 is 0 Å². The number of amides is 2. The molecule has 9 nitrogen and oxygen atoms in total.